The van der Waals surface area contributed by atoms with E-state index in [2.05, 4.69) is 41.3 Å². The summed E-state index contributed by atoms with van der Waals surface area (Å²) >= 11 is 1.16. The fraction of sp³-hybridized carbons (Fsp3) is 0.795. The van der Waals surface area contributed by atoms with E-state index in [1.165, 1.54) is 90.9 Å². The van der Waals surface area contributed by atoms with E-state index in [-0.39, 0.29) is 41.6 Å². The van der Waals surface area contributed by atoms with Gasteiger partial charge in [0.2, 0.25) is 11.8 Å². The number of hydrogen-bond donors (Lipinski definition) is 9. The summed E-state index contributed by atoms with van der Waals surface area (Å²) in [6.07, 6.45) is 12.3. The Balaban J connectivity index is 1.30. The van der Waals surface area contributed by atoms with Crippen molar-refractivity contribution in [2.24, 2.45) is 5.41 Å². The lowest BCUT2D eigenvalue weighted by Gasteiger charge is -2.30. The zero-order valence-electron chi connectivity index (χ0n) is 38.4. The number of imidazole rings is 1. The highest BCUT2D eigenvalue weighted by Gasteiger charge is 2.50. The first kappa shape index (κ1) is 58.9. The highest BCUT2D eigenvalue weighted by Crippen LogP contribution is 2.61. The maximum atomic E-state index is 12.7. The number of thioether (sulfide) groups is 1. The van der Waals surface area contributed by atoms with E-state index in [1.807, 2.05) is 0 Å². The number of aromatic nitrogens is 4. The number of rotatable bonds is 35. The third-order valence-electron chi connectivity index (χ3n) is 10.7. The Morgan fingerprint density at radius 2 is 1.43 bits per heavy atom. The van der Waals surface area contributed by atoms with Crippen LogP contribution in [0.2, 0.25) is 0 Å². The predicted molar refractivity (Wildman–Crippen MR) is 247 cm³/mol. The zero-order chi connectivity index (χ0) is 49.7. The number of anilines is 1. The van der Waals surface area contributed by atoms with Crippen molar-refractivity contribution < 1.29 is 80.5 Å². The first-order valence-electron chi connectivity index (χ1n) is 22.6. The predicted octanol–water partition coefficient (Wildman–Crippen LogP) is 4.93. The van der Waals surface area contributed by atoms with Crippen LogP contribution < -0.4 is 16.4 Å². The smallest absolute Gasteiger partial charge is 0.386 e. The van der Waals surface area contributed by atoms with Crippen LogP contribution in [0.3, 0.4) is 0 Å². The molecule has 0 bridgehead atoms. The highest BCUT2D eigenvalue weighted by molar-refractivity contribution is 8.13. The second-order valence-corrected chi connectivity index (χ2v) is 22.4. The molecule has 67 heavy (non-hydrogen) atoms. The molecule has 2 aromatic rings. The van der Waals surface area contributed by atoms with Crippen LogP contribution in [0.5, 0.6) is 0 Å². The molecule has 28 heteroatoms. The quantitative estimate of drug-likeness (QED) is 0.0326. The zero-order valence-corrected chi connectivity index (χ0v) is 41.9. The van der Waals surface area contributed by atoms with Crippen LogP contribution >= 0.6 is 35.2 Å². The van der Waals surface area contributed by atoms with Crippen LogP contribution in [0, 0.1) is 5.41 Å². The van der Waals surface area contributed by atoms with E-state index in [0.717, 1.165) is 48.2 Å². The van der Waals surface area contributed by atoms with Gasteiger partial charge in [0, 0.05) is 37.1 Å². The van der Waals surface area contributed by atoms with Gasteiger partial charge in [-0.2, -0.15) is 4.31 Å². The van der Waals surface area contributed by atoms with Crippen LogP contribution in [0.4, 0.5) is 5.82 Å². The van der Waals surface area contributed by atoms with Crippen molar-refractivity contribution >= 4 is 69.1 Å². The fourth-order valence-corrected chi connectivity index (χ4v) is 10.6. The third-order valence-corrected chi connectivity index (χ3v) is 14.8. The first-order valence-corrected chi connectivity index (χ1v) is 28.1. The highest BCUT2D eigenvalue weighted by atomic mass is 32.2. The summed E-state index contributed by atoms with van der Waals surface area (Å²) in [4.78, 5) is 88.4. The van der Waals surface area contributed by atoms with E-state index in [4.69, 9.17) is 19.5 Å². The Hall–Kier alpha value is -2.44. The lowest BCUT2D eigenvalue weighted by molar-refractivity contribution is -0.137. The number of carbonyl (C=O) groups is 3. The van der Waals surface area contributed by atoms with Gasteiger partial charge in [0.25, 0.3) is 0 Å². The van der Waals surface area contributed by atoms with Gasteiger partial charge in [-0.3, -0.25) is 32.5 Å². The molecule has 2 aromatic heterocycles. The molecule has 1 saturated heterocycles. The van der Waals surface area contributed by atoms with Crippen LogP contribution in [-0.4, -0.2) is 123 Å². The van der Waals surface area contributed by atoms with Crippen LogP contribution in [0.1, 0.15) is 136 Å². The van der Waals surface area contributed by atoms with Gasteiger partial charge in [0.1, 0.15) is 36.3 Å². The average Bonchev–Trinajstić information content (AvgIpc) is 3.81. The number of carbonyl (C=O) groups excluding carboxylic acids is 3. The molecule has 0 saturated carbocycles. The van der Waals surface area contributed by atoms with Crippen molar-refractivity contribution in [1.82, 2.24) is 30.2 Å². The number of aliphatic hydroxyl groups is 2. The Morgan fingerprint density at radius 3 is 2.03 bits per heavy atom. The molecule has 7 atom stereocenters. The molecule has 1 fully saturated rings. The van der Waals surface area contributed by atoms with Gasteiger partial charge in [-0.15, -0.1) is 0 Å². The molecule has 1 aliphatic heterocycles. The molecule has 0 spiro atoms. The monoisotopic (exact) mass is 1030 g/mol. The van der Waals surface area contributed by atoms with Gasteiger partial charge in [-0.05, 0) is 6.42 Å². The molecule has 1 aliphatic rings. The molecule has 384 valence electrons. The van der Waals surface area contributed by atoms with Crippen molar-refractivity contribution in [3.63, 3.8) is 0 Å². The Kier molecular flexibility index (Phi) is 25.5. The molecule has 0 aromatic carbocycles. The third kappa shape index (κ3) is 22.0. The van der Waals surface area contributed by atoms with E-state index in [0.29, 0.717) is 12.2 Å². The lowest BCUT2D eigenvalue weighted by Crippen LogP contribution is -2.46. The second-order valence-electron chi connectivity index (χ2n) is 17.0. The van der Waals surface area contributed by atoms with Crippen molar-refractivity contribution in [3.05, 3.63) is 12.7 Å². The van der Waals surface area contributed by atoms with E-state index in [1.54, 1.807) is 0 Å². The van der Waals surface area contributed by atoms with Gasteiger partial charge in [0.15, 0.2) is 22.8 Å². The Labute approximate surface area is 395 Å². The molecular formula is C39H70N7O17P3S. The van der Waals surface area contributed by atoms with E-state index in [9.17, 15) is 57.9 Å². The maximum absolute atomic E-state index is 12.7. The number of ether oxygens (including phenoxy) is 1. The molecule has 7 unspecified atom stereocenters. The largest absolute Gasteiger partial charge is 0.481 e. The van der Waals surface area contributed by atoms with Gasteiger partial charge in [-0.25, -0.2) is 28.6 Å². The summed E-state index contributed by atoms with van der Waals surface area (Å²) in [6, 6.07) is 0. The van der Waals surface area contributed by atoms with Gasteiger partial charge >= 0.3 is 23.5 Å². The van der Waals surface area contributed by atoms with Gasteiger partial charge < -0.3 is 50.9 Å². The number of nitrogen functional groups attached to an aromatic ring is 1. The maximum Gasteiger partial charge on any atom is 0.481 e. The van der Waals surface area contributed by atoms with E-state index >= 15 is 0 Å². The molecule has 2 amide bonds. The Morgan fingerprint density at radius 1 is 0.851 bits per heavy atom. The van der Waals surface area contributed by atoms with Gasteiger partial charge in [-0.1, -0.05) is 122 Å². The number of phosphoric acid groups is 3. The molecule has 24 nitrogen and oxygen atoms in total. The molecule has 0 radical (unpaired) electrons. The number of nitrogens with zero attached hydrogens (tertiary/aromatic N) is 4. The molecule has 3 heterocycles. The number of nitrogens with one attached hydrogen (secondary N) is 2. The van der Waals surface area contributed by atoms with Crippen LogP contribution in [-0.2, 0) is 50.7 Å². The average molecular weight is 1030 g/mol. The number of phosphoric ester groups is 3. The minimum Gasteiger partial charge on any atom is -0.386 e. The fourth-order valence-electron chi connectivity index (χ4n) is 7.01. The first-order chi connectivity index (χ1) is 31.6. The summed E-state index contributed by atoms with van der Waals surface area (Å²) in [5.41, 5.74) is 4.29. The van der Waals surface area contributed by atoms with E-state index < -0.39 is 84.6 Å². The summed E-state index contributed by atoms with van der Waals surface area (Å²) < 4.78 is 62.4. The van der Waals surface area contributed by atoms with Crippen molar-refractivity contribution in [1.29, 1.82) is 0 Å². The minimum atomic E-state index is -5.57. The SMILES string of the molecule is CCCCCCCCCCCCCCCCCC(=O)SCCNC(=O)CCNC(=O)C(O)C(C)(C)COP(=O)(O)OP(=O)(O)OCC1OC(n2cnc3c(N)ncnc32)C(O)C1OP(=O)(O)O. The normalized spacial score (nSPS) is 20.1. The van der Waals surface area contributed by atoms with Crippen molar-refractivity contribution in [3.8, 4) is 0 Å². The molecule has 0 aliphatic carbocycles. The number of aliphatic hydroxyl groups excluding tert-OH is 2. The molecular weight excluding hydrogens is 963 g/mol. The van der Waals surface area contributed by atoms with Crippen molar-refractivity contribution in [2.45, 2.75) is 161 Å². The minimum absolute atomic E-state index is 0.0340. The number of amides is 2. The number of unbranched alkanes of at least 4 members (excludes halogenated alkanes) is 14. The molecule has 10 N–H and O–H groups in total. The van der Waals surface area contributed by atoms with Crippen molar-refractivity contribution in [2.75, 3.05) is 37.8 Å². The number of hydrogen-bond acceptors (Lipinski definition) is 18. The summed E-state index contributed by atoms with van der Waals surface area (Å²) in [5.74, 6) is -1.02. The number of nitrogens with two attached hydrogens (primary N) is 1. The topological polar surface area (TPSA) is 364 Å². The standard InChI is InChI=1S/C39H70N7O17P3S/c1-4-5-6-7-8-9-10-11-12-13-14-15-16-17-18-19-30(48)67-23-22-41-29(47)20-21-42-37(51)34(50)39(2,3)25-60-66(57,58)63-65(55,56)59-24-28-33(62-64(52,53)54)32(49)38(61-28)46-27-45-31-35(40)43-26-44-36(31)46/h26-28,32-34,38,49-50H,4-25H2,1-3H3,(H,41,47)(H,42,51)(H,55,56)(H,57,58)(H2,40,43,44)(H2,52,53,54). The Bertz CT molecular complexity index is 2000. The summed E-state index contributed by atoms with van der Waals surface area (Å²) in [6.45, 7) is 2.82. The number of fused-ring (bicyclic) bond motifs is 1. The second kappa shape index (κ2) is 29.0. The lowest BCUT2D eigenvalue weighted by atomic mass is 9.87. The molecule has 3 rings (SSSR count). The van der Waals surface area contributed by atoms with Crippen LogP contribution in [0.25, 0.3) is 11.2 Å². The van der Waals surface area contributed by atoms with Gasteiger partial charge in [0.05, 0.1) is 19.5 Å². The summed E-state index contributed by atoms with van der Waals surface area (Å²) in [7, 11) is -16.4. The van der Waals surface area contributed by atoms with Crippen LogP contribution in [0.15, 0.2) is 12.7 Å². The summed E-state index contributed by atoms with van der Waals surface area (Å²) in [5, 5.41) is 26.7.